The highest BCUT2D eigenvalue weighted by Gasteiger charge is 2.12. The summed E-state index contributed by atoms with van der Waals surface area (Å²) < 4.78 is 0. The van der Waals surface area contributed by atoms with E-state index in [0.717, 1.165) is 22.0 Å². The van der Waals surface area contributed by atoms with Gasteiger partial charge in [-0.3, -0.25) is 9.89 Å². The normalized spacial score (nSPS) is 12.3. The molecule has 0 saturated carbocycles. The van der Waals surface area contributed by atoms with Crippen molar-refractivity contribution >= 4 is 17.7 Å². The maximum absolute atomic E-state index is 10.8. The van der Waals surface area contributed by atoms with Gasteiger partial charge in [0.1, 0.15) is 6.33 Å². The van der Waals surface area contributed by atoms with Crippen LogP contribution < -0.4 is 0 Å². The molecule has 0 amide bonds. The average Bonchev–Trinajstić information content (AvgIpc) is 2.89. The number of aliphatic carboxylic acids is 1. The van der Waals surface area contributed by atoms with Gasteiger partial charge < -0.3 is 5.11 Å². The predicted molar refractivity (Wildman–Crippen MR) is 68.4 cm³/mol. The molecule has 0 aliphatic rings. The molecule has 0 saturated heterocycles. The number of aromatic amines is 1. The Morgan fingerprint density at radius 2 is 2.17 bits per heavy atom. The Hall–Kier alpha value is -1.82. The molecule has 1 atom stereocenters. The molecule has 5 nitrogen and oxygen atoms in total. The first kappa shape index (κ1) is 12.6. The molecule has 1 heterocycles. The van der Waals surface area contributed by atoms with Crippen LogP contribution in [-0.4, -0.2) is 26.3 Å². The van der Waals surface area contributed by atoms with Crippen LogP contribution in [0.4, 0.5) is 0 Å². The minimum atomic E-state index is -0.807. The topological polar surface area (TPSA) is 78.9 Å². The molecule has 0 aliphatic heterocycles. The van der Waals surface area contributed by atoms with Crippen molar-refractivity contribution in [1.82, 2.24) is 15.2 Å². The summed E-state index contributed by atoms with van der Waals surface area (Å²) in [7, 11) is 0. The van der Waals surface area contributed by atoms with Gasteiger partial charge in [-0.05, 0) is 18.1 Å². The van der Waals surface area contributed by atoms with Gasteiger partial charge in [0.25, 0.3) is 0 Å². The number of thioether (sulfide) groups is 1. The van der Waals surface area contributed by atoms with E-state index < -0.39 is 11.9 Å². The van der Waals surface area contributed by atoms with E-state index in [1.165, 1.54) is 6.33 Å². The highest BCUT2D eigenvalue weighted by Crippen LogP contribution is 2.21. The van der Waals surface area contributed by atoms with Gasteiger partial charge in [0.05, 0.1) is 5.92 Å². The molecule has 18 heavy (non-hydrogen) atoms. The van der Waals surface area contributed by atoms with Gasteiger partial charge in [-0.25, -0.2) is 4.98 Å². The molecule has 1 aromatic heterocycles. The first-order valence-electron chi connectivity index (χ1n) is 5.46. The van der Waals surface area contributed by atoms with Crippen molar-refractivity contribution in [2.75, 3.05) is 0 Å². The lowest BCUT2D eigenvalue weighted by atomic mass is 10.0. The number of nitrogens with one attached hydrogen (secondary N) is 1. The zero-order valence-corrected chi connectivity index (χ0v) is 10.6. The Balaban J connectivity index is 1.97. The second-order valence-corrected chi connectivity index (χ2v) is 4.84. The number of nitrogens with zero attached hydrogens (tertiary/aromatic N) is 2. The summed E-state index contributed by atoms with van der Waals surface area (Å²) in [4.78, 5) is 14.9. The summed E-state index contributed by atoms with van der Waals surface area (Å²) in [5.41, 5.74) is 1.94. The lowest BCUT2D eigenvalue weighted by Crippen LogP contribution is -2.07. The smallest absolute Gasteiger partial charge is 0.310 e. The van der Waals surface area contributed by atoms with Crippen molar-refractivity contribution in [3.8, 4) is 0 Å². The van der Waals surface area contributed by atoms with Gasteiger partial charge in [0.15, 0.2) is 5.16 Å². The quantitative estimate of drug-likeness (QED) is 0.809. The molecule has 0 spiro atoms. The minimum Gasteiger partial charge on any atom is -0.481 e. The molecule has 0 bridgehead atoms. The molecule has 6 heteroatoms. The molecule has 1 unspecified atom stereocenters. The average molecular weight is 263 g/mol. The van der Waals surface area contributed by atoms with Crippen molar-refractivity contribution < 1.29 is 9.90 Å². The third-order valence-corrected chi connectivity index (χ3v) is 3.57. The van der Waals surface area contributed by atoms with Crippen LogP contribution >= 0.6 is 11.8 Å². The van der Waals surface area contributed by atoms with Gasteiger partial charge in [0.2, 0.25) is 0 Å². The molecule has 0 aliphatic carbocycles. The molecule has 2 rings (SSSR count). The summed E-state index contributed by atoms with van der Waals surface area (Å²) >= 11 is 1.56. The number of carbonyl (C=O) groups is 1. The molecular weight excluding hydrogens is 250 g/mol. The van der Waals surface area contributed by atoms with Crippen LogP contribution in [0.25, 0.3) is 0 Å². The van der Waals surface area contributed by atoms with Crippen LogP contribution in [0.5, 0.6) is 0 Å². The Kier molecular flexibility index (Phi) is 3.99. The van der Waals surface area contributed by atoms with Crippen molar-refractivity contribution in [1.29, 1.82) is 0 Å². The molecule has 0 fully saturated rings. The van der Waals surface area contributed by atoms with Gasteiger partial charge in [-0.15, -0.1) is 0 Å². The van der Waals surface area contributed by atoms with Gasteiger partial charge in [-0.1, -0.05) is 36.0 Å². The number of carboxylic acids is 1. The Morgan fingerprint density at radius 1 is 1.44 bits per heavy atom. The van der Waals surface area contributed by atoms with E-state index in [4.69, 9.17) is 5.11 Å². The predicted octanol–water partition coefficient (Wildman–Crippen LogP) is 2.29. The zero-order chi connectivity index (χ0) is 13.0. The van der Waals surface area contributed by atoms with Crippen LogP contribution in [-0.2, 0) is 10.5 Å². The third-order valence-electron chi connectivity index (χ3n) is 2.62. The lowest BCUT2D eigenvalue weighted by Gasteiger charge is -2.07. The molecule has 0 radical (unpaired) electrons. The van der Waals surface area contributed by atoms with Crippen molar-refractivity contribution in [3.05, 3.63) is 41.7 Å². The van der Waals surface area contributed by atoms with E-state index in [1.807, 2.05) is 24.3 Å². The molecular formula is C12H13N3O2S. The van der Waals surface area contributed by atoms with E-state index in [0.29, 0.717) is 0 Å². The molecule has 94 valence electrons. The van der Waals surface area contributed by atoms with Crippen LogP contribution in [0.2, 0.25) is 0 Å². The first-order chi connectivity index (χ1) is 8.66. The Morgan fingerprint density at radius 3 is 2.72 bits per heavy atom. The fourth-order valence-corrected chi connectivity index (χ4v) is 2.20. The minimum absolute atomic E-state index is 0.471. The molecule has 1 aromatic carbocycles. The van der Waals surface area contributed by atoms with E-state index in [2.05, 4.69) is 15.2 Å². The summed E-state index contributed by atoms with van der Waals surface area (Å²) in [5, 5.41) is 16.2. The number of hydrogen-bond acceptors (Lipinski definition) is 4. The maximum Gasteiger partial charge on any atom is 0.310 e. The largest absolute Gasteiger partial charge is 0.481 e. The van der Waals surface area contributed by atoms with Crippen LogP contribution in [0.1, 0.15) is 24.0 Å². The number of rotatable bonds is 5. The first-order valence-corrected chi connectivity index (χ1v) is 6.45. The second-order valence-electron chi connectivity index (χ2n) is 3.88. The standard InChI is InChI=1S/C12H13N3O2S/c1-8(11(16)17)10-4-2-9(3-5-10)6-18-12-13-7-14-15-12/h2-5,7-8H,6H2,1H3,(H,16,17)(H,13,14,15). The monoisotopic (exact) mass is 263 g/mol. The summed E-state index contributed by atoms with van der Waals surface area (Å²) in [6, 6.07) is 7.60. The van der Waals surface area contributed by atoms with Crippen LogP contribution in [0, 0.1) is 0 Å². The van der Waals surface area contributed by atoms with E-state index in [-0.39, 0.29) is 0 Å². The lowest BCUT2D eigenvalue weighted by molar-refractivity contribution is -0.138. The third kappa shape index (κ3) is 3.10. The number of hydrogen-bond donors (Lipinski definition) is 2. The second kappa shape index (κ2) is 5.68. The van der Waals surface area contributed by atoms with Gasteiger partial charge >= 0.3 is 5.97 Å². The molecule has 2 N–H and O–H groups in total. The number of benzene rings is 1. The van der Waals surface area contributed by atoms with Crippen LogP contribution in [0.15, 0.2) is 35.7 Å². The van der Waals surface area contributed by atoms with E-state index in [9.17, 15) is 4.79 Å². The summed E-state index contributed by atoms with van der Waals surface area (Å²) in [6.45, 7) is 1.68. The number of carboxylic acid groups (broad SMARTS) is 1. The van der Waals surface area contributed by atoms with Crippen molar-refractivity contribution in [2.24, 2.45) is 0 Å². The number of H-pyrrole nitrogens is 1. The molecule has 2 aromatic rings. The highest BCUT2D eigenvalue weighted by atomic mass is 32.2. The summed E-state index contributed by atoms with van der Waals surface area (Å²) in [5.74, 6) is -0.503. The Labute approximate surface area is 109 Å². The van der Waals surface area contributed by atoms with E-state index >= 15 is 0 Å². The highest BCUT2D eigenvalue weighted by molar-refractivity contribution is 7.98. The Bertz CT molecular complexity index is 511. The number of aromatic nitrogens is 3. The fourth-order valence-electron chi connectivity index (χ4n) is 1.46. The van der Waals surface area contributed by atoms with Gasteiger partial charge in [0, 0.05) is 5.75 Å². The SMILES string of the molecule is CC(C(=O)O)c1ccc(CSc2ncn[nH]2)cc1. The van der Waals surface area contributed by atoms with E-state index in [1.54, 1.807) is 18.7 Å². The van der Waals surface area contributed by atoms with Crippen LogP contribution in [0.3, 0.4) is 0 Å². The van der Waals surface area contributed by atoms with Gasteiger partial charge in [-0.2, -0.15) is 5.10 Å². The van der Waals surface area contributed by atoms with Crippen molar-refractivity contribution in [2.45, 2.75) is 23.8 Å². The maximum atomic E-state index is 10.8. The zero-order valence-electron chi connectivity index (χ0n) is 9.83. The fraction of sp³-hybridized carbons (Fsp3) is 0.250. The van der Waals surface area contributed by atoms with Crippen molar-refractivity contribution in [3.63, 3.8) is 0 Å². The summed E-state index contributed by atoms with van der Waals surface area (Å²) in [6.07, 6.45) is 1.47.